The lowest BCUT2D eigenvalue weighted by molar-refractivity contribution is -0.124. The van der Waals surface area contributed by atoms with Crippen LogP contribution in [0.5, 0.6) is 5.75 Å². The van der Waals surface area contributed by atoms with E-state index in [4.69, 9.17) is 10.5 Å². The lowest BCUT2D eigenvalue weighted by Crippen LogP contribution is -2.31. The van der Waals surface area contributed by atoms with Crippen LogP contribution in [0.3, 0.4) is 0 Å². The summed E-state index contributed by atoms with van der Waals surface area (Å²) in [5, 5.41) is 2.82. The first-order chi connectivity index (χ1) is 10.6. The summed E-state index contributed by atoms with van der Waals surface area (Å²) < 4.78 is 5.44. The normalized spacial score (nSPS) is 11.5. The van der Waals surface area contributed by atoms with E-state index in [0.717, 1.165) is 5.56 Å². The summed E-state index contributed by atoms with van der Waals surface area (Å²) in [6.45, 7) is 1.96. The summed E-state index contributed by atoms with van der Waals surface area (Å²) in [5.74, 6) is -0.519. The summed E-state index contributed by atoms with van der Waals surface area (Å²) in [6.07, 6.45) is -0.803. The molecule has 0 aliphatic rings. The largest absolute Gasteiger partial charge is 0.480 e. The van der Waals surface area contributed by atoms with Gasteiger partial charge in [0.05, 0.1) is 5.56 Å². The molecule has 0 saturated heterocycles. The second-order valence-electron chi connectivity index (χ2n) is 4.83. The Morgan fingerprint density at radius 1 is 1.09 bits per heavy atom. The average molecular weight is 298 g/mol. The number of carbonyl (C=O) groups is 2. The minimum Gasteiger partial charge on any atom is -0.480 e. The van der Waals surface area contributed by atoms with Crippen molar-refractivity contribution >= 4 is 11.8 Å². The second kappa shape index (κ2) is 7.26. The van der Waals surface area contributed by atoms with E-state index >= 15 is 0 Å². The van der Waals surface area contributed by atoms with Crippen molar-refractivity contribution in [3.63, 3.8) is 0 Å². The van der Waals surface area contributed by atoms with E-state index in [0.29, 0.717) is 17.9 Å². The Morgan fingerprint density at radius 3 is 2.41 bits per heavy atom. The van der Waals surface area contributed by atoms with Crippen LogP contribution >= 0.6 is 0 Å². The zero-order valence-electron chi connectivity index (χ0n) is 12.3. The number of rotatable bonds is 6. The highest BCUT2D eigenvalue weighted by molar-refractivity contribution is 5.97. The van der Waals surface area contributed by atoms with Crippen LogP contribution in [0, 0.1) is 0 Å². The lowest BCUT2D eigenvalue weighted by Gasteiger charge is -2.14. The summed E-state index contributed by atoms with van der Waals surface area (Å²) in [6, 6.07) is 16.3. The minimum absolute atomic E-state index is 0.267. The van der Waals surface area contributed by atoms with Crippen molar-refractivity contribution in [1.29, 1.82) is 0 Å². The number of hydrogen-bond acceptors (Lipinski definition) is 3. The van der Waals surface area contributed by atoms with Crippen molar-refractivity contribution in [3.05, 3.63) is 65.7 Å². The predicted molar refractivity (Wildman–Crippen MR) is 83.3 cm³/mol. The number of nitrogens with one attached hydrogen (secondary N) is 1. The first-order valence-electron chi connectivity index (χ1n) is 6.95. The van der Waals surface area contributed by atoms with Crippen LogP contribution < -0.4 is 15.8 Å². The molecule has 22 heavy (non-hydrogen) atoms. The van der Waals surface area contributed by atoms with Crippen LogP contribution in [0.25, 0.3) is 0 Å². The summed E-state index contributed by atoms with van der Waals surface area (Å²) in [7, 11) is 0. The number of amides is 2. The monoisotopic (exact) mass is 298 g/mol. The standard InChI is InChI=1S/C17H18N2O3/c1-12(16(18)20)22-15-10-6-5-9-14(15)17(21)19-11-13-7-3-2-4-8-13/h2-10,12H,11H2,1H3,(H2,18,20)(H,19,21)/t12-/m0/s1. The smallest absolute Gasteiger partial charge is 0.258 e. The maximum Gasteiger partial charge on any atom is 0.258 e. The number of para-hydroxylation sites is 1. The van der Waals surface area contributed by atoms with Gasteiger partial charge in [0, 0.05) is 6.54 Å². The second-order valence-corrected chi connectivity index (χ2v) is 4.83. The Labute approximate surface area is 129 Å². The molecule has 0 saturated carbocycles. The summed E-state index contributed by atoms with van der Waals surface area (Å²) in [5.41, 5.74) is 6.55. The molecule has 0 bridgehead atoms. The molecule has 2 aromatic carbocycles. The third-order valence-electron chi connectivity index (χ3n) is 3.13. The third kappa shape index (κ3) is 4.09. The van der Waals surface area contributed by atoms with Gasteiger partial charge in [-0.05, 0) is 24.6 Å². The molecule has 1 atom stereocenters. The molecule has 0 aliphatic carbocycles. The van der Waals surface area contributed by atoms with E-state index in [9.17, 15) is 9.59 Å². The van der Waals surface area contributed by atoms with E-state index in [-0.39, 0.29) is 5.91 Å². The van der Waals surface area contributed by atoms with E-state index in [1.54, 1.807) is 31.2 Å². The van der Waals surface area contributed by atoms with Crippen molar-refractivity contribution in [2.75, 3.05) is 0 Å². The molecule has 2 aromatic rings. The molecule has 2 amide bonds. The van der Waals surface area contributed by atoms with Crippen molar-refractivity contribution in [2.45, 2.75) is 19.6 Å². The highest BCUT2D eigenvalue weighted by Crippen LogP contribution is 2.19. The highest BCUT2D eigenvalue weighted by atomic mass is 16.5. The van der Waals surface area contributed by atoms with Gasteiger partial charge in [0.15, 0.2) is 6.10 Å². The van der Waals surface area contributed by atoms with E-state index in [1.165, 1.54) is 0 Å². The molecule has 114 valence electrons. The Kier molecular flexibility index (Phi) is 5.14. The van der Waals surface area contributed by atoms with Crippen LogP contribution in [-0.2, 0) is 11.3 Å². The zero-order valence-corrected chi connectivity index (χ0v) is 12.3. The van der Waals surface area contributed by atoms with Gasteiger partial charge >= 0.3 is 0 Å². The molecule has 5 heteroatoms. The van der Waals surface area contributed by atoms with Crippen LogP contribution in [0.1, 0.15) is 22.8 Å². The molecular formula is C17H18N2O3. The topological polar surface area (TPSA) is 81.4 Å². The van der Waals surface area contributed by atoms with Crippen molar-refractivity contribution in [1.82, 2.24) is 5.32 Å². The predicted octanol–water partition coefficient (Wildman–Crippen LogP) is 1.87. The van der Waals surface area contributed by atoms with Gasteiger partial charge in [-0.15, -0.1) is 0 Å². The summed E-state index contributed by atoms with van der Waals surface area (Å²) in [4.78, 5) is 23.4. The Hall–Kier alpha value is -2.82. The van der Waals surface area contributed by atoms with Crippen molar-refractivity contribution in [3.8, 4) is 5.75 Å². The average Bonchev–Trinajstić information content (AvgIpc) is 2.54. The van der Waals surface area contributed by atoms with E-state index in [1.807, 2.05) is 30.3 Å². The maximum atomic E-state index is 12.3. The van der Waals surface area contributed by atoms with Crippen LogP contribution in [-0.4, -0.2) is 17.9 Å². The first kappa shape index (κ1) is 15.6. The van der Waals surface area contributed by atoms with Gasteiger partial charge < -0.3 is 15.8 Å². The molecular weight excluding hydrogens is 280 g/mol. The van der Waals surface area contributed by atoms with Crippen molar-refractivity contribution < 1.29 is 14.3 Å². The molecule has 0 spiro atoms. The Bertz CT molecular complexity index is 656. The van der Waals surface area contributed by atoms with Gasteiger partial charge in [-0.2, -0.15) is 0 Å². The number of nitrogens with two attached hydrogens (primary N) is 1. The molecule has 3 N–H and O–H groups in total. The van der Waals surface area contributed by atoms with Crippen LogP contribution in [0.2, 0.25) is 0 Å². The SMILES string of the molecule is C[C@H](Oc1ccccc1C(=O)NCc1ccccc1)C(N)=O. The van der Waals surface area contributed by atoms with E-state index < -0.39 is 12.0 Å². The fourth-order valence-corrected chi connectivity index (χ4v) is 1.88. The number of carbonyl (C=O) groups excluding carboxylic acids is 2. The van der Waals surface area contributed by atoms with E-state index in [2.05, 4.69) is 5.32 Å². The third-order valence-corrected chi connectivity index (χ3v) is 3.13. The number of ether oxygens (including phenoxy) is 1. The molecule has 5 nitrogen and oxygen atoms in total. The number of benzene rings is 2. The van der Waals surface area contributed by atoms with Crippen LogP contribution in [0.4, 0.5) is 0 Å². The summed E-state index contributed by atoms with van der Waals surface area (Å²) >= 11 is 0. The highest BCUT2D eigenvalue weighted by Gasteiger charge is 2.16. The quantitative estimate of drug-likeness (QED) is 0.854. The maximum absolute atomic E-state index is 12.3. The minimum atomic E-state index is -0.803. The van der Waals surface area contributed by atoms with Gasteiger partial charge in [-0.25, -0.2) is 0 Å². The number of hydrogen-bond donors (Lipinski definition) is 2. The number of primary amides is 1. The van der Waals surface area contributed by atoms with Crippen molar-refractivity contribution in [2.24, 2.45) is 5.73 Å². The fraction of sp³-hybridized carbons (Fsp3) is 0.176. The zero-order chi connectivity index (χ0) is 15.9. The molecule has 0 radical (unpaired) electrons. The Balaban J connectivity index is 2.07. The fourth-order valence-electron chi connectivity index (χ4n) is 1.88. The van der Waals surface area contributed by atoms with Gasteiger partial charge in [-0.3, -0.25) is 9.59 Å². The van der Waals surface area contributed by atoms with Gasteiger partial charge in [0.1, 0.15) is 5.75 Å². The van der Waals surface area contributed by atoms with Gasteiger partial charge in [0.25, 0.3) is 11.8 Å². The van der Waals surface area contributed by atoms with Gasteiger partial charge in [0.2, 0.25) is 0 Å². The molecule has 0 aromatic heterocycles. The molecule has 0 aliphatic heterocycles. The molecule has 0 unspecified atom stereocenters. The Morgan fingerprint density at radius 2 is 1.73 bits per heavy atom. The molecule has 2 rings (SSSR count). The molecule has 0 heterocycles. The lowest BCUT2D eigenvalue weighted by atomic mass is 10.1. The molecule has 0 fully saturated rings. The van der Waals surface area contributed by atoms with Gasteiger partial charge in [-0.1, -0.05) is 42.5 Å². The first-order valence-corrected chi connectivity index (χ1v) is 6.95. The van der Waals surface area contributed by atoms with Crippen LogP contribution in [0.15, 0.2) is 54.6 Å².